The van der Waals surface area contributed by atoms with Crippen LogP contribution in [-0.2, 0) is 11.8 Å². The summed E-state index contributed by atoms with van der Waals surface area (Å²) in [6, 6.07) is 10.2. The van der Waals surface area contributed by atoms with Gasteiger partial charge >= 0.3 is 0 Å². The van der Waals surface area contributed by atoms with Crippen LogP contribution < -0.4 is 5.32 Å². The van der Waals surface area contributed by atoms with Gasteiger partial charge in [-0.15, -0.1) is 10.2 Å². The predicted octanol–water partition coefficient (Wildman–Crippen LogP) is 2.85. The van der Waals surface area contributed by atoms with Crippen molar-refractivity contribution in [2.75, 3.05) is 5.75 Å². The molecule has 6 nitrogen and oxygen atoms in total. The second-order valence-electron chi connectivity index (χ2n) is 5.53. The zero-order valence-electron chi connectivity index (χ0n) is 13.2. The fourth-order valence-corrected chi connectivity index (χ4v) is 2.93. The SMILES string of the molecule is CC(C)NC(=O)CSc1nnc(-c2cc3ccccc3n2C)o1. The van der Waals surface area contributed by atoms with Gasteiger partial charge in [0, 0.05) is 24.0 Å². The molecule has 0 aliphatic heterocycles. The van der Waals surface area contributed by atoms with Crippen LogP contribution in [0.15, 0.2) is 40.0 Å². The summed E-state index contributed by atoms with van der Waals surface area (Å²) in [4.78, 5) is 11.6. The second-order valence-corrected chi connectivity index (χ2v) is 6.46. The number of benzene rings is 1. The maximum absolute atomic E-state index is 11.6. The van der Waals surface area contributed by atoms with E-state index >= 15 is 0 Å². The Bertz CT molecular complexity index is 838. The molecule has 0 bridgehead atoms. The Labute approximate surface area is 138 Å². The first-order valence-electron chi connectivity index (χ1n) is 7.35. The van der Waals surface area contributed by atoms with Crippen molar-refractivity contribution in [1.82, 2.24) is 20.1 Å². The van der Waals surface area contributed by atoms with E-state index in [-0.39, 0.29) is 17.7 Å². The molecule has 23 heavy (non-hydrogen) atoms. The van der Waals surface area contributed by atoms with E-state index in [2.05, 4.69) is 15.5 Å². The lowest BCUT2D eigenvalue weighted by Crippen LogP contribution is -2.31. The zero-order valence-corrected chi connectivity index (χ0v) is 14.1. The maximum Gasteiger partial charge on any atom is 0.277 e. The van der Waals surface area contributed by atoms with Gasteiger partial charge < -0.3 is 14.3 Å². The number of aromatic nitrogens is 3. The Balaban J connectivity index is 1.76. The number of aryl methyl sites for hydroxylation is 1. The molecule has 0 fully saturated rings. The van der Waals surface area contributed by atoms with Gasteiger partial charge in [-0.3, -0.25) is 4.79 Å². The molecule has 2 aromatic heterocycles. The summed E-state index contributed by atoms with van der Waals surface area (Å²) >= 11 is 1.24. The Morgan fingerprint density at radius 2 is 2.13 bits per heavy atom. The molecule has 2 heterocycles. The van der Waals surface area contributed by atoms with Gasteiger partial charge in [-0.25, -0.2) is 0 Å². The summed E-state index contributed by atoms with van der Waals surface area (Å²) in [7, 11) is 1.96. The second kappa shape index (κ2) is 6.45. The van der Waals surface area contributed by atoms with Gasteiger partial charge in [0.25, 0.3) is 11.1 Å². The minimum Gasteiger partial charge on any atom is -0.410 e. The first-order valence-corrected chi connectivity index (χ1v) is 8.33. The number of carbonyl (C=O) groups excluding carboxylic acids is 1. The molecule has 120 valence electrons. The van der Waals surface area contributed by atoms with Gasteiger partial charge in [0.2, 0.25) is 5.91 Å². The van der Waals surface area contributed by atoms with Gasteiger partial charge in [0.05, 0.1) is 5.75 Å². The zero-order chi connectivity index (χ0) is 16.4. The van der Waals surface area contributed by atoms with Crippen LogP contribution in [0.5, 0.6) is 0 Å². The lowest BCUT2D eigenvalue weighted by Gasteiger charge is -2.06. The molecule has 0 aliphatic rings. The Hall–Kier alpha value is -2.28. The van der Waals surface area contributed by atoms with Crippen LogP contribution in [0.25, 0.3) is 22.5 Å². The van der Waals surface area contributed by atoms with Crippen LogP contribution in [0, 0.1) is 0 Å². The smallest absolute Gasteiger partial charge is 0.277 e. The molecular weight excluding hydrogens is 312 g/mol. The van der Waals surface area contributed by atoms with Crippen molar-refractivity contribution in [1.29, 1.82) is 0 Å². The number of thioether (sulfide) groups is 1. The van der Waals surface area contributed by atoms with Crippen LogP contribution >= 0.6 is 11.8 Å². The molecule has 0 spiro atoms. The lowest BCUT2D eigenvalue weighted by molar-refractivity contribution is -0.119. The number of fused-ring (bicyclic) bond motifs is 1. The third-order valence-electron chi connectivity index (χ3n) is 3.35. The van der Waals surface area contributed by atoms with Crippen LogP contribution in [0.3, 0.4) is 0 Å². The summed E-state index contributed by atoms with van der Waals surface area (Å²) in [6.07, 6.45) is 0. The van der Waals surface area contributed by atoms with Gasteiger partial charge in [-0.2, -0.15) is 0 Å². The molecule has 3 aromatic rings. The third kappa shape index (κ3) is 3.39. The van der Waals surface area contributed by atoms with E-state index in [1.165, 1.54) is 11.8 Å². The average Bonchev–Trinajstić information content (AvgIpc) is 3.10. The summed E-state index contributed by atoms with van der Waals surface area (Å²) in [5.74, 6) is 0.666. The summed E-state index contributed by atoms with van der Waals surface area (Å²) in [6.45, 7) is 3.85. The van der Waals surface area contributed by atoms with Crippen molar-refractivity contribution >= 4 is 28.6 Å². The monoisotopic (exact) mass is 330 g/mol. The van der Waals surface area contributed by atoms with Crippen LogP contribution in [-0.4, -0.2) is 32.5 Å². The van der Waals surface area contributed by atoms with Crippen molar-refractivity contribution in [3.8, 4) is 11.6 Å². The summed E-state index contributed by atoms with van der Waals surface area (Å²) in [5.41, 5.74) is 1.96. The van der Waals surface area contributed by atoms with Crippen molar-refractivity contribution in [3.05, 3.63) is 30.3 Å². The summed E-state index contributed by atoms with van der Waals surface area (Å²) in [5, 5.41) is 12.4. The van der Waals surface area contributed by atoms with E-state index in [4.69, 9.17) is 4.42 Å². The predicted molar refractivity (Wildman–Crippen MR) is 90.2 cm³/mol. The normalized spacial score (nSPS) is 11.3. The number of nitrogens with one attached hydrogen (secondary N) is 1. The highest BCUT2D eigenvalue weighted by Crippen LogP contribution is 2.28. The first kappa shape index (κ1) is 15.6. The molecule has 1 N–H and O–H groups in total. The molecular formula is C16H18N4O2S. The van der Waals surface area contributed by atoms with E-state index in [9.17, 15) is 4.79 Å². The van der Waals surface area contributed by atoms with Crippen molar-refractivity contribution in [3.63, 3.8) is 0 Å². The number of amides is 1. The van der Waals surface area contributed by atoms with Crippen molar-refractivity contribution in [2.45, 2.75) is 25.1 Å². The number of carbonyl (C=O) groups is 1. The molecule has 0 radical (unpaired) electrons. The van der Waals surface area contributed by atoms with Crippen molar-refractivity contribution in [2.24, 2.45) is 7.05 Å². The van der Waals surface area contributed by atoms with Gasteiger partial charge in [0.15, 0.2) is 0 Å². The standard InChI is InChI=1S/C16H18N4O2S/c1-10(2)17-14(21)9-23-16-19-18-15(22-16)13-8-11-6-4-5-7-12(11)20(13)3/h4-8,10H,9H2,1-3H3,(H,17,21). The fourth-order valence-electron chi connectivity index (χ4n) is 2.36. The maximum atomic E-state index is 11.6. The highest BCUT2D eigenvalue weighted by molar-refractivity contribution is 7.99. The number of hydrogen-bond donors (Lipinski definition) is 1. The molecule has 0 saturated carbocycles. The number of rotatable bonds is 5. The Morgan fingerprint density at radius 3 is 2.87 bits per heavy atom. The van der Waals surface area contributed by atoms with E-state index in [0.29, 0.717) is 11.1 Å². The van der Waals surface area contributed by atoms with Crippen LogP contribution in [0.1, 0.15) is 13.8 Å². The average molecular weight is 330 g/mol. The molecule has 0 aliphatic carbocycles. The minimum atomic E-state index is -0.0469. The molecule has 0 unspecified atom stereocenters. The first-order chi connectivity index (χ1) is 11.0. The molecule has 0 atom stereocenters. The highest BCUT2D eigenvalue weighted by atomic mass is 32.2. The van der Waals surface area contributed by atoms with Crippen LogP contribution in [0.4, 0.5) is 0 Å². The number of nitrogens with zero attached hydrogens (tertiary/aromatic N) is 3. The van der Waals surface area contributed by atoms with Gasteiger partial charge in [-0.05, 0) is 26.0 Å². The Morgan fingerprint density at radius 1 is 1.35 bits per heavy atom. The number of hydrogen-bond acceptors (Lipinski definition) is 5. The molecule has 7 heteroatoms. The lowest BCUT2D eigenvalue weighted by atomic mass is 10.2. The third-order valence-corrected chi connectivity index (χ3v) is 4.17. The van der Waals surface area contributed by atoms with E-state index in [1.807, 2.05) is 55.8 Å². The molecule has 0 saturated heterocycles. The number of para-hydroxylation sites is 1. The quantitative estimate of drug-likeness (QED) is 0.728. The van der Waals surface area contributed by atoms with Gasteiger partial charge in [-0.1, -0.05) is 30.0 Å². The van der Waals surface area contributed by atoms with Crippen LogP contribution in [0.2, 0.25) is 0 Å². The van der Waals surface area contributed by atoms with E-state index < -0.39 is 0 Å². The molecule has 3 rings (SSSR count). The fraction of sp³-hybridized carbons (Fsp3) is 0.312. The van der Waals surface area contributed by atoms with E-state index in [0.717, 1.165) is 16.6 Å². The van der Waals surface area contributed by atoms with Crippen molar-refractivity contribution < 1.29 is 9.21 Å². The summed E-state index contributed by atoms with van der Waals surface area (Å²) < 4.78 is 7.69. The topological polar surface area (TPSA) is 73.0 Å². The molecule has 1 amide bonds. The largest absolute Gasteiger partial charge is 0.410 e. The molecule has 1 aromatic carbocycles. The Kier molecular flexibility index (Phi) is 4.38. The van der Waals surface area contributed by atoms with Gasteiger partial charge in [0.1, 0.15) is 5.69 Å². The minimum absolute atomic E-state index is 0.0469. The van der Waals surface area contributed by atoms with E-state index in [1.54, 1.807) is 0 Å². The highest BCUT2D eigenvalue weighted by Gasteiger charge is 2.15.